The van der Waals surface area contributed by atoms with Crippen LogP contribution in [0.4, 0.5) is 0 Å². The van der Waals surface area contributed by atoms with Crippen molar-refractivity contribution < 1.29 is 9.53 Å². The summed E-state index contributed by atoms with van der Waals surface area (Å²) in [7, 11) is 3.56. The maximum atomic E-state index is 12.0. The van der Waals surface area contributed by atoms with Gasteiger partial charge in [0, 0.05) is 19.3 Å². The summed E-state index contributed by atoms with van der Waals surface area (Å²) in [6, 6.07) is 7.58. The van der Waals surface area contributed by atoms with Gasteiger partial charge in [0.1, 0.15) is 5.75 Å². The van der Waals surface area contributed by atoms with Gasteiger partial charge in [-0.15, -0.1) is 0 Å². The summed E-state index contributed by atoms with van der Waals surface area (Å²) in [4.78, 5) is 12.0. The van der Waals surface area contributed by atoms with Crippen LogP contribution in [0.5, 0.6) is 5.75 Å². The predicted molar refractivity (Wildman–Crippen MR) is 86.1 cm³/mol. The topological polar surface area (TPSA) is 56.1 Å². The summed E-state index contributed by atoms with van der Waals surface area (Å²) in [6.07, 6.45) is 1.16. The Labute approximate surface area is 131 Å². The first-order valence-corrected chi connectivity index (χ1v) is 7.40. The first kappa shape index (κ1) is 16.1. The molecule has 5 heteroatoms. The Hall–Kier alpha value is -2.30. The van der Waals surface area contributed by atoms with Gasteiger partial charge in [-0.1, -0.05) is 12.1 Å². The van der Waals surface area contributed by atoms with Gasteiger partial charge in [-0.05, 0) is 43.5 Å². The third-order valence-corrected chi connectivity index (χ3v) is 3.85. The highest BCUT2D eigenvalue weighted by Crippen LogP contribution is 2.13. The predicted octanol–water partition coefficient (Wildman–Crippen LogP) is 1.95. The zero-order chi connectivity index (χ0) is 16.1. The van der Waals surface area contributed by atoms with Crippen LogP contribution in [0.15, 0.2) is 24.3 Å². The molecule has 1 N–H and O–H groups in total. The van der Waals surface area contributed by atoms with Gasteiger partial charge in [0.05, 0.1) is 19.2 Å². The van der Waals surface area contributed by atoms with Gasteiger partial charge < -0.3 is 10.1 Å². The molecule has 0 bridgehead atoms. The van der Waals surface area contributed by atoms with E-state index in [1.165, 1.54) is 5.56 Å². The van der Waals surface area contributed by atoms with E-state index in [1.54, 1.807) is 7.11 Å². The molecule has 0 saturated heterocycles. The SMILES string of the molecule is COc1cccc(CC(=O)NCCc2c(C)nn(C)c2C)c1. The van der Waals surface area contributed by atoms with E-state index in [0.717, 1.165) is 29.1 Å². The second-order valence-electron chi connectivity index (χ2n) is 5.40. The fourth-order valence-electron chi connectivity index (χ4n) is 2.54. The zero-order valence-corrected chi connectivity index (χ0v) is 13.6. The number of methoxy groups -OCH3 is 1. The Morgan fingerprint density at radius 2 is 2.14 bits per heavy atom. The monoisotopic (exact) mass is 301 g/mol. The fourth-order valence-corrected chi connectivity index (χ4v) is 2.54. The zero-order valence-electron chi connectivity index (χ0n) is 13.6. The first-order chi connectivity index (χ1) is 10.5. The van der Waals surface area contributed by atoms with Crippen molar-refractivity contribution in [3.63, 3.8) is 0 Å². The highest BCUT2D eigenvalue weighted by molar-refractivity contribution is 5.78. The van der Waals surface area contributed by atoms with Gasteiger partial charge in [0.25, 0.3) is 0 Å². The van der Waals surface area contributed by atoms with Gasteiger partial charge >= 0.3 is 0 Å². The second-order valence-corrected chi connectivity index (χ2v) is 5.40. The number of aryl methyl sites for hydroxylation is 2. The standard InChI is InChI=1S/C17H23N3O2/c1-12-16(13(2)20(3)19-12)8-9-18-17(21)11-14-6-5-7-15(10-14)22-4/h5-7,10H,8-9,11H2,1-4H3,(H,18,21). The van der Waals surface area contributed by atoms with E-state index in [9.17, 15) is 4.79 Å². The van der Waals surface area contributed by atoms with Crippen molar-refractivity contribution in [1.82, 2.24) is 15.1 Å². The van der Waals surface area contributed by atoms with Gasteiger partial charge in [-0.25, -0.2) is 0 Å². The normalized spacial score (nSPS) is 10.5. The maximum Gasteiger partial charge on any atom is 0.224 e. The van der Waals surface area contributed by atoms with Crippen LogP contribution in [0, 0.1) is 13.8 Å². The third-order valence-electron chi connectivity index (χ3n) is 3.85. The first-order valence-electron chi connectivity index (χ1n) is 7.40. The average molecular weight is 301 g/mol. The van der Waals surface area contributed by atoms with Crippen LogP contribution in [0.25, 0.3) is 0 Å². The van der Waals surface area contributed by atoms with Crippen molar-refractivity contribution in [2.24, 2.45) is 7.05 Å². The van der Waals surface area contributed by atoms with Crippen LogP contribution < -0.4 is 10.1 Å². The van der Waals surface area contributed by atoms with Crippen molar-refractivity contribution in [3.05, 3.63) is 46.8 Å². The van der Waals surface area contributed by atoms with E-state index in [2.05, 4.69) is 10.4 Å². The molecule has 2 rings (SSSR count). The summed E-state index contributed by atoms with van der Waals surface area (Å²) in [5, 5.41) is 7.35. The molecular formula is C17H23N3O2. The minimum atomic E-state index is 0.0208. The lowest BCUT2D eigenvalue weighted by molar-refractivity contribution is -0.120. The van der Waals surface area contributed by atoms with E-state index in [4.69, 9.17) is 4.74 Å². The van der Waals surface area contributed by atoms with Crippen LogP contribution in [0.3, 0.4) is 0 Å². The van der Waals surface area contributed by atoms with Crippen LogP contribution in [0.1, 0.15) is 22.5 Å². The number of rotatable bonds is 6. The quantitative estimate of drug-likeness (QED) is 0.887. The number of nitrogens with zero attached hydrogens (tertiary/aromatic N) is 2. The van der Waals surface area contributed by atoms with Gasteiger partial charge in [-0.3, -0.25) is 9.48 Å². The van der Waals surface area contributed by atoms with Crippen molar-refractivity contribution in [1.29, 1.82) is 0 Å². The molecule has 1 amide bonds. The van der Waals surface area contributed by atoms with Crippen molar-refractivity contribution in [2.75, 3.05) is 13.7 Å². The van der Waals surface area contributed by atoms with E-state index < -0.39 is 0 Å². The molecule has 0 saturated carbocycles. The number of nitrogens with one attached hydrogen (secondary N) is 1. The molecule has 0 aliphatic heterocycles. The van der Waals surface area contributed by atoms with Crippen LogP contribution in [-0.4, -0.2) is 29.3 Å². The van der Waals surface area contributed by atoms with Crippen molar-refractivity contribution in [2.45, 2.75) is 26.7 Å². The molecule has 0 atom stereocenters. The van der Waals surface area contributed by atoms with Crippen LogP contribution in [-0.2, 0) is 24.7 Å². The number of hydrogen-bond donors (Lipinski definition) is 1. The number of benzene rings is 1. The summed E-state index contributed by atoms with van der Waals surface area (Å²) >= 11 is 0. The van der Waals surface area contributed by atoms with Crippen molar-refractivity contribution >= 4 is 5.91 Å². The molecule has 1 aromatic carbocycles. The Kier molecular flexibility index (Phi) is 5.20. The lowest BCUT2D eigenvalue weighted by atomic mass is 10.1. The number of carbonyl (C=O) groups excluding carboxylic acids is 1. The molecule has 118 valence electrons. The Morgan fingerprint density at radius 1 is 1.36 bits per heavy atom. The summed E-state index contributed by atoms with van der Waals surface area (Å²) in [5.74, 6) is 0.791. The Morgan fingerprint density at radius 3 is 2.77 bits per heavy atom. The number of aromatic nitrogens is 2. The largest absolute Gasteiger partial charge is 0.497 e. The Balaban J connectivity index is 1.85. The summed E-state index contributed by atoms with van der Waals surface area (Å²) in [5.41, 5.74) is 4.34. The summed E-state index contributed by atoms with van der Waals surface area (Å²) < 4.78 is 7.04. The van der Waals surface area contributed by atoms with Gasteiger partial charge in [-0.2, -0.15) is 5.10 Å². The molecule has 0 unspecified atom stereocenters. The lowest BCUT2D eigenvalue weighted by Gasteiger charge is -2.07. The highest BCUT2D eigenvalue weighted by Gasteiger charge is 2.10. The number of ether oxygens (including phenoxy) is 1. The molecule has 0 radical (unpaired) electrons. The van der Waals surface area contributed by atoms with E-state index in [-0.39, 0.29) is 5.91 Å². The van der Waals surface area contributed by atoms with E-state index in [0.29, 0.717) is 13.0 Å². The van der Waals surface area contributed by atoms with E-state index in [1.807, 2.05) is 49.8 Å². The molecule has 22 heavy (non-hydrogen) atoms. The number of amides is 1. The molecule has 0 fully saturated rings. The molecule has 5 nitrogen and oxygen atoms in total. The van der Waals surface area contributed by atoms with Gasteiger partial charge in [0.15, 0.2) is 0 Å². The highest BCUT2D eigenvalue weighted by atomic mass is 16.5. The summed E-state index contributed by atoms with van der Waals surface area (Å²) in [6.45, 7) is 4.67. The molecule has 0 spiro atoms. The number of carbonyl (C=O) groups is 1. The third kappa shape index (κ3) is 3.87. The molecule has 1 aromatic heterocycles. The van der Waals surface area contributed by atoms with E-state index >= 15 is 0 Å². The van der Waals surface area contributed by atoms with Gasteiger partial charge in [0.2, 0.25) is 5.91 Å². The van der Waals surface area contributed by atoms with Crippen molar-refractivity contribution in [3.8, 4) is 5.75 Å². The molecule has 1 heterocycles. The molecule has 0 aliphatic carbocycles. The smallest absolute Gasteiger partial charge is 0.224 e. The maximum absolute atomic E-state index is 12.0. The average Bonchev–Trinajstić information content (AvgIpc) is 2.73. The second kappa shape index (κ2) is 7.11. The molecule has 0 aliphatic rings. The van der Waals surface area contributed by atoms with Crippen LogP contribution in [0.2, 0.25) is 0 Å². The molecular weight excluding hydrogens is 278 g/mol. The van der Waals surface area contributed by atoms with Crippen LogP contribution >= 0.6 is 0 Å². The fraction of sp³-hybridized carbons (Fsp3) is 0.412. The lowest BCUT2D eigenvalue weighted by Crippen LogP contribution is -2.27. The minimum Gasteiger partial charge on any atom is -0.497 e. The molecule has 2 aromatic rings. The minimum absolute atomic E-state index is 0.0208. The number of hydrogen-bond acceptors (Lipinski definition) is 3. The Bertz CT molecular complexity index is 662.